The molecule has 1 amide bonds. The van der Waals surface area contributed by atoms with E-state index in [1.54, 1.807) is 19.4 Å². The van der Waals surface area contributed by atoms with Crippen molar-refractivity contribution in [1.82, 2.24) is 25.5 Å². The van der Waals surface area contributed by atoms with Gasteiger partial charge in [-0.3, -0.25) is 9.79 Å². The van der Waals surface area contributed by atoms with Crippen molar-refractivity contribution in [3.8, 4) is 0 Å². The number of nitrogens with one attached hydrogen (secondary N) is 2. The van der Waals surface area contributed by atoms with Gasteiger partial charge in [0.1, 0.15) is 0 Å². The molecule has 0 atom stereocenters. The molecule has 1 aromatic rings. The molecule has 9 heteroatoms. The summed E-state index contributed by atoms with van der Waals surface area (Å²) in [4.78, 5) is 29.2. The molecule has 1 aliphatic heterocycles. The molecule has 2 rings (SSSR count). The number of carbonyl (C=O) groups excluding carboxylic acids is 1. The number of hydrogen-bond donors (Lipinski definition) is 2. The maximum atomic E-state index is 12.4. The molecule has 1 aliphatic rings. The van der Waals surface area contributed by atoms with Gasteiger partial charge < -0.3 is 20.4 Å². The lowest BCUT2D eigenvalue weighted by atomic mass is 10.3. The van der Waals surface area contributed by atoms with Crippen LogP contribution in [0.15, 0.2) is 23.5 Å². The Morgan fingerprint density at radius 2 is 1.85 bits per heavy atom. The second-order valence-corrected chi connectivity index (χ2v) is 7.28. The number of aliphatic imine (C=N–C) groups is 1. The van der Waals surface area contributed by atoms with Gasteiger partial charge in [0.15, 0.2) is 5.96 Å². The van der Waals surface area contributed by atoms with E-state index in [2.05, 4.69) is 36.7 Å². The van der Waals surface area contributed by atoms with Crippen LogP contribution in [0.25, 0.3) is 0 Å². The van der Waals surface area contributed by atoms with Crippen LogP contribution in [0.2, 0.25) is 0 Å². The maximum absolute atomic E-state index is 12.4. The summed E-state index contributed by atoms with van der Waals surface area (Å²) in [5, 5.41) is 6.51. The van der Waals surface area contributed by atoms with Crippen LogP contribution < -0.4 is 15.5 Å². The van der Waals surface area contributed by atoms with Crippen LogP contribution in [0.3, 0.4) is 0 Å². The van der Waals surface area contributed by atoms with Crippen molar-refractivity contribution in [2.45, 2.75) is 19.3 Å². The lowest BCUT2D eigenvalue weighted by Crippen LogP contribution is -2.50. The molecule has 0 aliphatic carbocycles. The van der Waals surface area contributed by atoms with Crippen molar-refractivity contribution < 1.29 is 4.79 Å². The van der Waals surface area contributed by atoms with Crippen molar-refractivity contribution >= 4 is 29.6 Å². The second kappa shape index (κ2) is 12.4. The van der Waals surface area contributed by atoms with Gasteiger partial charge in [-0.2, -0.15) is 11.8 Å². The van der Waals surface area contributed by atoms with E-state index in [-0.39, 0.29) is 5.91 Å². The molecule has 1 fully saturated rings. The predicted octanol–water partition coefficient (Wildman–Crippen LogP) is 0.824. The Balaban J connectivity index is 1.61. The quantitative estimate of drug-likeness (QED) is 0.365. The minimum absolute atomic E-state index is 0.173. The third-order valence-corrected chi connectivity index (χ3v) is 5.09. The molecule has 0 saturated carbocycles. The third kappa shape index (κ3) is 7.62. The molecule has 0 bridgehead atoms. The SMILES string of the molecule is CN=C(NCCCCSC)NCCC(=O)N1CCN(c2ncccn2)CC1. The van der Waals surface area contributed by atoms with Gasteiger partial charge in [0.25, 0.3) is 0 Å². The predicted molar refractivity (Wildman–Crippen MR) is 112 cm³/mol. The lowest BCUT2D eigenvalue weighted by Gasteiger charge is -2.34. The highest BCUT2D eigenvalue weighted by Gasteiger charge is 2.22. The van der Waals surface area contributed by atoms with Crippen LogP contribution >= 0.6 is 11.8 Å². The first-order valence-electron chi connectivity index (χ1n) is 9.47. The summed E-state index contributed by atoms with van der Waals surface area (Å²) >= 11 is 1.87. The van der Waals surface area contributed by atoms with E-state index >= 15 is 0 Å². The molecular weight excluding hydrogens is 362 g/mol. The van der Waals surface area contributed by atoms with Gasteiger partial charge in [0, 0.05) is 65.1 Å². The van der Waals surface area contributed by atoms with E-state index in [0.717, 1.165) is 38.0 Å². The fourth-order valence-electron chi connectivity index (χ4n) is 2.86. The third-order valence-electron chi connectivity index (χ3n) is 4.39. The summed E-state index contributed by atoms with van der Waals surface area (Å²) in [6, 6.07) is 1.81. The largest absolute Gasteiger partial charge is 0.356 e. The van der Waals surface area contributed by atoms with E-state index in [9.17, 15) is 4.79 Å². The molecule has 2 N–H and O–H groups in total. The number of carbonyl (C=O) groups is 1. The van der Waals surface area contributed by atoms with E-state index in [4.69, 9.17) is 0 Å². The van der Waals surface area contributed by atoms with Gasteiger partial charge in [-0.1, -0.05) is 0 Å². The van der Waals surface area contributed by atoms with E-state index < -0.39 is 0 Å². The highest BCUT2D eigenvalue weighted by molar-refractivity contribution is 7.98. The van der Waals surface area contributed by atoms with Crippen molar-refractivity contribution in [2.75, 3.05) is 63.2 Å². The number of amides is 1. The summed E-state index contributed by atoms with van der Waals surface area (Å²) in [6.45, 7) is 4.44. The highest BCUT2D eigenvalue weighted by Crippen LogP contribution is 2.10. The first kappa shape index (κ1) is 21.3. The van der Waals surface area contributed by atoms with E-state index in [0.29, 0.717) is 26.1 Å². The van der Waals surface area contributed by atoms with Crippen LogP contribution in [0.5, 0.6) is 0 Å². The average Bonchev–Trinajstić information content (AvgIpc) is 2.73. The maximum Gasteiger partial charge on any atom is 0.225 e. The van der Waals surface area contributed by atoms with Crippen molar-refractivity contribution in [3.05, 3.63) is 18.5 Å². The minimum atomic E-state index is 0.173. The van der Waals surface area contributed by atoms with Gasteiger partial charge >= 0.3 is 0 Å². The Hall–Kier alpha value is -2.03. The Labute approximate surface area is 166 Å². The molecule has 150 valence electrons. The number of unbranched alkanes of at least 4 members (excludes halogenated alkanes) is 1. The second-order valence-electron chi connectivity index (χ2n) is 6.29. The normalized spacial score (nSPS) is 15.0. The van der Waals surface area contributed by atoms with Gasteiger partial charge in [0.2, 0.25) is 11.9 Å². The van der Waals surface area contributed by atoms with Crippen LogP contribution in [-0.2, 0) is 4.79 Å². The Morgan fingerprint density at radius 1 is 1.15 bits per heavy atom. The number of nitrogens with zero attached hydrogens (tertiary/aromatic N) is 5. The fourth-order valence-corrected chi connectivity index (χ4v) is 3.35. The Kier molecular flexibility index (Phi) is 9.75. The number of anilines is 1. The number of aromatic nitrogens is 2. The van der Waals surface area contributed by atoms with Crippen molar-refractivity contribution in [3.63, 3.8) is 0 Å². The zero-order valence-electron chi connectivity index (χ0n) is 16.4. The zero-order chi connectivity index (χ0) is 19.3. The highest BCUT2D eigenvalue weighted by atomic mass is 32.2. The molecule has 1 saturated heterocycles. The van der Waals surface area contributed by atoms with Crippen LogP contribution in [0.1, 0.15) is 19.3 Å². The molecule has 0 spiro atoms. The topological polar surface area (TPSA) is 85.8 Å². The number of thioether (sulfide) groups is 1. The number of rotatable bonds is 9. The van der Waals surface area contributed by atoms with Crippen molar-refractivity contribution in [2.24, 2.45) is 4.99 Å². The van der Waals surface area contributed by atoms with Crippen molar-refractivity contribution in [1.29, 1.82) is 0 Å². The Bertz CT molecular complexity index is 576. The van der Waals surface area contributed by atoms with Gasteiger partial charge in [-0.15, -0.1) is 0 Å². The molecular formula is C18H31N7OS. The molecule has 1 aromatic heterocycles. The Morgan fingerprint density at radius 3 is 2.52 bits per heavy atom. The first-order valence-corrected chi connectivity index (χ1v) is 10.9. The standard InChI is InChI=1S/C18H31N7OS/c1-19-17(20-7-3-4-15-27-2)21-10-6-16(26)24-11-13-25(14-12-24)18-22-8-5-9-23-18/h5,8-9H,3-4,6-7,10-15H2,1-2H3,(H2,19,20,21). The summed E-state index contributed by atoms with van der Waals surface area (Å²) in [5.74, 6) is 2.86. The molecule has 0 aromatic carbocycles. The number of hydrogen-bond acceptors (Lipinski definition) is 6. The number of guanidine groups is 1. The number of piperazine rings is 1. The summed E-state index contributed by atoms with van der Waals surface area (Å²) < 4.78 is 0. The first-order chi connectivity index (χ1) is 13.2. The van der Waals surface area contributed by atoms with Gasteiger partial charge in [0.05, 0.1) is 0 Å². The monoisotopic (exact) mass is 393 g/mol. The molecule has 8 nitrogen and oxygen atoms in total. The summed E-state index contributed by atoms with van der Waals surface area (Å²) in [7, 11) is 1.75. The van der Waals surface area contributed by atoms with Crippen LogP contribution in [-0.4, -0.2) is 85.1 Å². The van der Waals surface area contributed by atoms with Gasteiger partial charge in [-0.25, -0.2) is 9.97 Å². The van der Waals surface area contributed by atoms with E-state index in [1.807, 2.05) is 22.7 Å². The van der Waals surface area contributed by atoms with E-state index in [1.165, 1.54) is 12.2 Å². The summed E-state index contributed by atoms with van der Waals surface area (Å²) in [5.41, 5.74) is 0. The van der Waals surface area contributed by atoms with Gasteiger partial charge in [-0.05, 0) is 30.9 Å². The zero-order valence-corrected chi connectivity index (χ0v) is 17.2. The fraction of sp³-hybridized carbons (Fsp3) is 0.667. The molecule has 0 radical (unpaired) electrons. The summed E-state index contributed by atoms with van der Waals surface area (Å²) in [6.07, 6.45) is 8.40. The molecule has 27 heavy (non-hydrogen) atoms. The van der Waals surface area contributed by atoms with Crippen LogP contribution in [0, 0.1) is 0 Å². The lowest BCUT2D eigenvalue weighted by molar-refractivity contribution is -0.131. The molecule has 0 unspecified atom stereocenters. The van der Waals surface area contributed by atoms with Crippen LogP contribution in [0.4, 0.5) is 5.95 Å². The molecule has 2 heterocycles. The minimum Gasteiger partial charge on any atom is -0.356 e. The average molecular weight is 394 g/mol. The smallest absolute Gasteiger partial charge is 0.225 e.